The molecule has 7 heteroatoms. The molecular weight excluding hydrogens is 335 g/mol. The first-order chi connectivity index (χ1) is 8.19. The molecule has 0 radical (unpaired) electrons. The van der Waals surface area contributed by atoms with E-state index in [1.807, 2.05) is 12.1 Å². The number of hydrogen-bond acceptors (Lipinski definition) is 4. The zero-order chi connectivity index (χ0) is 12.3. The third-order valence-corrected chi connectivity index (χ3v) is 2.70. The van der Waals surface area contributed by atoms with Gasteiger partial charge in [0.1, 0.15) is 0 Å². The van der Waals surface area contributed by atoms with Crippen LogP contribution in [-0.2, 0) is 0 Å². The zero-order valence-corrected chi connectivity index (χ0v) is 11.1. The van der Waals surface area contributed by atoms with Crippen LogP contribution in [-0.4, -0.2) is 28.2 Å². The fraction of sp³-hybridized carbons (Fsp3) is 0.100. The summed E-state index contributed by atoms with van der Waals surface area (Å²) in [5.74, 6) is 0.00519. The Morgan fingerprint density at radius 1 is 1.41 bits per heavy atom. The van der Waals surface area contributed by atoms with E-state index in [-0.39, 0.29) is 17.9 Å². The van der Waals surface area contributed by atoms with E-state index in [2.05, 4.69) is 43.1 Å². The quantitative estimate of drug-likeness (QED) is 0.831. The highest BCUT2D eigenvalue weighted by atomic mass is 127. The summed E-state index contributed by atoms with van der Waals surface area (Å²) in [7, 11) is 1.45. The lowest BCUT2D eigenvalue weighted by atomic mass is 10.2. The predicted octanol–water partition coefficient (Wildman–Crippen LogP) is 1.67. The molecule has 0 spiro atoms. The fourth-order valence-electron chi connectivity index (χ4n) is 1.17. The highest BCUT2D eigenvalue weighted by Gasteiger charge is 2.09. The minimum Gasteiger partial charge on any atom is -0.466 e. The van der Waals surface area contributed by atoms with Crippen LogP contribution in [0.2, 0.25) is 0 Å². The van der Waals surface area contributed by atoms with Crippen LogP contribution >= 0.6 is 22.6 Å². The van der Waals surface area contributed by atoms with Gasteiger partial charge in [-0.1, -0.05) is 0 Å². The highest BCUT2D eigenvalue weighted by Crippen LogP contribution is 2.09. The van der Waals surface area contributed by atoms with Crippen LogP contribution in [0, 0.1) is 3.57 Å². The number of benzene rings is 1. The maximum absolute atomic E-state index is 11.8. The number of hydrogen-bond donors (Lipinski definition) is 2. The van der Waals surface area contributed by atoms with E-state index < -0.39 is 0 Å². The zero-order valence-electron chi connectivity index (χ0n) is 8.90. The Morgan fingerprint density at radius 3 is 2.71 bits per heavy atom. The molecule has 0 aliphatic heterocycles. The van der Waals surface area contributed by atoms with E-state index in [1.165, 1.54) is 7.11 Å². The summed E-state index contributed by atoms with van der Waals surface area (Å²) >= 11 is 2.18. The van der Waals surface area contributed by atoms with Crippen molar-refractivity contribution >= 4 is 34.4 Å². The van der Waals surface area contributed by atoms with Gasteiger partial charge < -0.3 is 4.74 Å². The molecule has 1 heterocycles. The van der Waals surface area contributed by atoms with Crippen LogP contribution in [0.1, 0.15) is 10.4 Å². The Morgan fingerprint density at radius 2 is 2.12 bits per heavy atom. The van der Waals surface area contributed by atoms with Crippen LogP contribution in [0.5, 0.6) is 6.01 Å². The van der Waals surface area contributed by atoms with Crippen molar-refractivity contribution in [2.24, 2.45) is 0 Å². The smallest absolute Gasteiger partial charge is 0.336 e. The minimum atomic E-state index is -0.250. The number of aromatic nitrogens is 3. The maximum atomic E-state index is 11.8. The lowest BCUT2D eigenvalue weighted by molar-refractivity contribution is 0.102. The van der Waals surface area contributed by atoms with Gasteiger partial charge in [0, 0.05) is 9.13 Å². The molecule has 0 saturated carbocycles. The second-order valence-electron chi connectivity index (χ2n) is 3.13. The molecule has 1 amide bonds. The molecule has 2 N–H and O–H groups in total. The Labute approximate surface area is 111 Å². The largest absolute Gasteiger partial charge is 0.466 e. The molecular formula is C10H9IN4O2. The maximum Gasteiger partial charge on any atom is 0.336 e. The van der Waals surface area contributed by atoms with Crippen molar-refractivity contribution in [3.63, 3.8) is 0 Å². The van der Waals surface area contributed by atoms with E-state index in [1.54, 1.807) is 12.1 Å². The number of methoxy groups -OCH3 is 1. The van der Waals surface area contributed by atoms with Gasteiger partial charge in [-0.2, -0.15) is 4.98 Å². The lowest BCUT2D eigenvalue weighted by Gasteiger charge is -2.00. The van der Waals surface area contributed by atoms with Gasteiger partial charge in [-0.25, -0.2) is 5.10 Å². The van der Waals surface area contributed by atoms with Crippen LogP contribution in [0.25, 0.3) is 0 Å². The molecule has 0 aliphatic rings. The molecule has 0 aliphatic carbocycles. The van der Waals surface area contributed by atoms with Crippen molar-refractivity contribution in [2.45, 2.75) is 0 Å². The first kappa shape index (κ1) is 11.8. The predicted molar refractivity (Wildman–Crippen MR) is 70.0 cm³/mol. The molecule has 1 aromatic heterocycles. The van der Waals surface area contributed by atoms with Crippen LogP contribution in [0.15, 0.2) is 24.3 Å². The third kappa shape index (κ3) is 2.93. The average Bonchev–Trinajstić information content (AvgIpc) is 2.77. The molecule has 6 nitrogen and oxygen atoms in total. The molecule has 0 atom stereocenters. The number of nitrogens with one attached hydrogen (secondary N) is 2. The number of halogens is 1. The number of aromatic amines is 1. The number of nitrogens with zero attached hydrogens (tertiary/aromatic N) is 2. The summed E-state index contributed by atoms with van der Waals surface area (Å²) in [5.41, 5.74) is 0.556. The number of carbonyl (C=O) groups is 1. The molecule has 0 saturated heterocycles. The van der Waals surface area contributed by atoms with Gasteiger partial charge in [-0.3, -0.25) is 10.1 Å². The number of amides is 1. The topological polar surface area (TPSA) is 79.9 Å². The number of ether oxygens (including phenoxy) is 1. The summed E-state index contributed by atoms with van der Waals surface area (Å²) in [6.45, 7) is 0. The first-order valence-electron chi connectivity index (χ1n) is 4.72. The van der Waals surface area contributed by atoms with Gasteiger partial charge in [0.2, 0.25) is 5.95 Å². The molecule has 0 bridgehead atoms. The van der Waals surface area contributed by atoms with Gasteiger partial charge in [0.15, 0.2) is 0 Å². The SMILES string of the molecule is COc1n[nH]c(NC(=O)c2ccc(I)cc2)n1. The summed E-state index contributed by atoms with van der Waals surface area (Å²) in [6.07, 6.45) is 0. The van der Waals surface area contributed by atoms with Crippen LogP contribution in [0.3, 0.4) is 0 Å². The standard InChI is InChI=1S/C10H9IN4O2/c1-17-10-13-9(14-15-10)12-8(16)6-2-4-7(11)5-3-6/h2-5H,1H3,(H2,12,13,14,15,16). The van der Waals surface area contributed by atoms with E-state index in [9.17, 15) is 4.79 Å². The average molecular weight is 344 g/mol. The van der Waals surface area contributed by atoms with Crippen molar-refractivity contribution < 1.29 is 9.53 Å². The Bertz CT molecular complexity index is 523. The normalized spacial score (nSPS) is 10.0. The number of H-pyrrole nitrogens is 1. The molecule has 0 unspecified atom stereocenters. The Hall–Kier alpha value is -1.64. The number of anilines is 1. The molecule has 1 aromatic carbocycles. The van der Waals surface area contributed by atoms with E-state index >= 15 is 0 Å². The van der Waals surface area contributed by atoms with E-state index in [0.29, 0.717) is 5.56 Å². The van der Waals surface area contributed by atoms with Gasteiger partial charge in [-0.05, 0) is 46.9 Å². The highest BCUT2D eigenvalue weighted by molar-refractivity contribution is 14.1. The second kappa shape index (κ2) is 5.13. The third-order valence-electron chi connectivity index (χ3n) is 1.99. The first-order valence-corrected chi connectivity index (χ1v) is 5.80. The minimum absolute atomic E-state index is 0.183. The van der Waals surface area contributed by atoms with Crippen molar-refractivity contribution in [2.75, 3.05) is 12.4 Å². The molecule has 88 valence electrons. The summed E-state index contributed by atoms with van der Waals surface area (Å²) < 4.78 is 5.86. The fourth-order valence-corrected chi connectivity index (χ4v) is 1.53. The van der Waals surface area contributed by atoms with Crippen molar-refractivity contribution in [1.82, 2.24) is 15.2 Å². The summed E-state index contributed by atoms with van der Waals surface area (Å²) in [6, 6.07) is 7.38. The monoisotopic (exact) mass is 344 g/mol. The van der Waals surface area contributed by atoms with Crippen molar-refractivity contribution in [3.8, 4) is 6.01 Å². The molecule has 17 heavy (non-hydrogen) atoms. The number of carbonyl (C=O) groups excluding carboxylic acids is 1. The van der Waals surface area contributed by atoms with E-state index in [4.69, 9.17) is 4.74 Å². The van der Waals surface area contributed by atoms with Gasteiger partial charge >= 0.3 is 6.01 Å². The van der Waals surface area contributed by atoms with Gasteiger partial charge in [-0.15, -0.1) is 5.10 Å². The molecule has 0 fully saturated rings. The van der Waals surface area contributed by atoms with Gasteiger partial charge in [0.25, 0.3) is 5.91 Å². The second-order valence-corrected chi connectivity index (χ2v) is 4.38. The van der Waals surface area contributed by atoms with E-state index in [0.717, 1.165) is 3.57 Å². The van der Waals surface area contributed by atoms with Crippen molar-refractivity contribution in [1.29, 1.82) is 0 Å². The van der Waals surface area contributed by atoms with Gasteiger partial charge in [0.05, 0.1) is 7.11 Å². The summed E-state index contributed by atoms with van der Waals surface area (Å²) in [4.78, 5) is 15.7. The molecule has 2 aromatic rings. The Balaban J connectivity index is 2.08. The van der Waals surface area contributed by atoms with Crippen molar-refractivity contribution in [3.05, 3.63) is 33.4 Å². The lowest BCUT2D eigenvalue weighted by Crippen LogP contribution is -2.12. The Kier molecular flexibility index (Phi) is 3.57. The molecule has 2 rings (SSSR count). The van der Waals surface area contributed by atoms with Crippen LogP contribution < -0.4 is 10.1 Å². The van der Waals surface area contributed by atoms with Crippen LogP contribution in [0.4, 0.5) is 5.95 Å². The number of rotatable bonds is 3. The summed E-state index contributed by atoms with van der Waals surface area (Å²) in [5, 5.41) is 8.85.